The molecule has 0 radical (unpaired) electrons. The Kier molecular flexibility index (Phi) is 5.48. The van der Waals surface area contributed by atoms with E-state index >= 15 is 0 Å². The zero-order chi connectivity index (χ0) is 12.8. The van der Waals surface area contributed by atoms with Crippen LogP contribution in [0.5, 0.6) is 0 Å². The summed E-state index contributed by atoms with van der Waals surface area (Å²) >= 11 is 6.05. The molecule has 2 rings (SSSR count). The third kappa shape index (κ3) is 3.98. The zero-order valence-corrected chi connectivity index (χ0v) is 11.9. The Bertz CT molecular complexity index is 367. The molecule has 1 aromatic rings. The van der Waals surface area contributed by atoms with Gasteiger partial charge in [-0.2, -0.15) is 0 Å². The van der Waals surface area contributed by atoms with Gasteiger partial charge in [0.05, 0.1) is 0 Å². The van der Waals surface area contributed by atoms with Gasteiger partial charge in [-0.3, -0.25) is 4.90 Å². The second kappa shape index (κ2) is 7.13. The fourth-order valence-corrected chi connectivity index (χ4v) is 2.89. The molecule has 18 heavy (non-hydrogen) atoms. The monoisotopic (exact) mass is 266 g/mol. The van der Waals surface area contributed by atoms with E-state index in [2.05, 4.69) is 29.3 Å². The maximum absolute atomic E-state index is 6.05. The number of nitrogens with zero attached hydrogens (tertiary/aromatic N) is 1. The van der Waals surface area contributed by atoms with Crippen molar-refractivity contribution in [2.24, 2.45) is 0 Å². The summed E-state index contributed by atoms with van der Waals surface area (Å²) in [6.07, 6.45) is 4.00. The van der Waals surface area contributed by atoms with Crippen molar-refractivity contribution in [1.82, 2.24) is 10.2 Å². The van der Waals surface area contributed by atoms with E-state index in [1.165, 1.54) is 31.4 Å². The molecule has 1 aliphatic rings. The number of likely N-dealkylation sites (tertiary alicyclic amines) is 1. The summed E-state index contributed by atoms with van der Waals surface area (Å²) in [5.74, 6) is 0. The predicted molar refractivity (Wildman–Crippen MR) is 78.0 cm³/mol. The Labute approximate surface area is 115 Å². The Balaban J connectivity index is 1.96. The molecule has 0 aromatic heterocycles. The average molecular weight is 267 g/mol. The van der Waals surface area contributed by atoms with Crippen molar-refractivity contribution in [2.75, 3.05) is 19.6 Å². The van der Waals surface area contributed by atoms with Gasteiger partial charge in [0.1, 0.15) is 0 Å². The normalized spacial score (nSPS) is 21.1. The molecule has 1 aromatic carbocycles. The minimum atomic E-state index is 0.678. The first-order valence-electron chi connectivity index (χ1n) is 6.99. The van der Waals surface area contributed by atoms with Gasteiger partial charge in [-0.15, -0.1) is 0 Å². The Hall–Kier alpha value is -0.570. The molecule has 1 saturated heterocycles. The third-order valence-electron chi connectivity index (χ3n) is 3.65. The highest BCUT2D eigenvalue weighted by Gasteiger charge is 2.21. The molecular weight excluding hydrogens is 244 g/mol. The first-order chi connectivity index (χ1) is 8.79. The molecular formula is C15H23ClN2. The third-order valence-corrected chi connectivity index (χ3v) is 3.89. The molecule has 0 saturated carbocycles. The molecule has 3 heteroatoms. The van der Waals surface area contributed by atoms with Crippen LogP contribution in [-0.4, -0.2) is 30.6 Å². The van der Waals surface area contributed by atoms with Gasteiger partial charge in [0, 0.05) is 24.2 Å². The largest absolute Gasteiger partial charge is 0.315 e. The van der Waals surface area contributed by atoms with Crippen LogP contribution in [0.25, 0.3) is 0 Å². The van der Waals surface area contributed by atoms with E-state index in [-0.39, 0.29) is 0 Å². The molecule has 1 unspecified atom stereocenters. The Morgan fingerprint density at radius 3 is 3.06 bits per heavy atom. The second-order valence-electron chi connectivity index (χ2n) is 5.06. The van der Waals surface area contributed by atoms with Crippen LogP contribution in [0.15, 0.2) is 24.3 Å². The summed E-state index contributed by atoms with van der Waals surface area (Å²) in [6, 6.07) is 8.92. The van der Waals surface area contributed by atoms with Crippen molar-refractivity contribution in [2.45, 2.75) is 38.8 Å². The summed E-state index contributed by atoms with van der Waals surface area (Å²) in [5.41, 5.74) is 1.32. The van der Waals surface area contributed by atoms with Crippen molar-refractivity contribution in [3.8, 4) is 0 Å². The van der Waals surface area contributed by atoms with E-state index in [1.807, 2.05) is 12.1 Å². The molecule has 0 bridgehead atoms. The lowest BCUT2D eigenvalue weighted by Crippen LogP contribution is -2.44. The van der Waals surface area contributed by atoms with Gasteiger partial charge in [-0.1, -0.05) is 37.1 Å². The van der Waals surface area contributed by atoms with Crippen LogP contribution < -0.4 is 5.32 Å². The van der Waals surface area contributed by atoms with Gasteiger partial charge >= 0.3 is 0 Å². The number of nitrogens with one attached hydrogen (secondary N) is 1. The highest BCUT2D eigenvalue weighted by molar-refractivity contribution is 6.30. The summed E-state index contributed by atoms with van der Waals surface area (Å²) < 4.78 is 0. The number of hydrogen-bond donors (Lipinski definition) is 1. The molecule has 1 N–H and O–H groups in total. The number of benzene rings is 1. The van der Waals surface area contributed by atoms with E-state index in [4.69, 9.17) is 11.6 Å². The lowest BCUT2D eigenvalue weighted by atomic mass is 10.0. The molecule has 2 nitrogen and oxygen atoms in total. The maximum atomic E-state index is 6.05. The van der Waals surface area contributed by atoms with Crippen molar-refractivity contribution in [1.29, 1.82) is 0 Å². The van der Waals surface area contributed by atoms with Crippen molar-refractivity contribution in [3.05, 3.63) is 34.9 Å². The molecule has 0 spiro atoms. The number of hydrogen-bond acceptors (Lipinski definition) is 2. The lowest BCUT2D eigenvalue weighted by molar-refractivity contribution is 0.138. The van der Waals surface area contributed by atoms with Crippen molar-refractivity contribution < 1.29 is 0 Å². The number of piperidine rings is 1. The van der Waals surface area contributed by atoms with Crippen molar-refractivity contribution in [3.63, 3.8) is 0 Å². The highest BCUT2D eigenvalue weighted by atomic mass is 35.5. The van der Waals surface area contributed by atoms with E-state index in [1.54, 1.807) is 0 Å². The fourth-order valence-electron chi connectivity index (χ4n) is 2.68. The quantitative estimate of drug-likeness (QED) is 0.880. The summed E-state index contributed by atoms with van der Waals surface area (Å²) in [7, 11) is 0. The molecule has 0 amide bonds. The Morgan fingerprint density at radius 2 is 2.28 bits per heavy atom. The minimum Gasteiger partial charge on any atom is -0.315 e. The molecule has 1 fully saturated rings. The maximum Gasteiger partial charge on any atom is 0.0409 e. The highest BCUT2D eigenvalue weighted by Crippen LogP contribution is 2.20. The van der Waals surface area contributed by atoms with Crippen LogP contribution in [0.1, 0.15) is 31.7 Å². The minimum absolute atomic E-state index is 0.678. The van der Waals surface area contributed by atoms with Gasteiger partial charge in [0.2, 0.25) is 0 Å². The van der Waals surface area contributed by atoms with Gasteiger partial charge in [-0.05, 0) is 43.6 Å². The van der Waals surface area contributed by atoms with Gasteiger partial charge in [0.15, 0.2) is 0 Å². The number of likely N-dealkylation sites (N-methyl/N-ethyl adjacent to an activating group) is 1. The smallest absolute Gasteiger partial charge is 0.0409 e. The van der Waals surface area contributed by atoms with Crippen LogP contribution in [0.2, 0.25) is 5.02 Å². The van der Waals surface area contributed by atoms with Crippen LogP contribution in [0.4, 0.5) is 0 Å². The second-order valence-corrected chi connectivity index (χ2v) is 5.49. The summed E-state index contributed by atoms with van der Waals surface area (Å²) in [5, 5.41) is 4.32. The van der Waals surface area contributed by atoms with Gasteiger partial charge in [0.25, 0.3) is 0 Å². The van der Waals surface area contributed by atoms with E-state index in [9.17, 15) is 0 Å². The first kappa shape index (κ1) is 13.9. The average Bonchev–Trinajstić information content (AvgIpc) is 2.38. The van der Waals surface area contributed by atoms with Crippen LogP contribution in [0, 0.1) is 0 Å². The van der Waals surface area contributed by atoms with Crippen LogP contribution in [-0.2, 0) is 6.54 Å². The standard InChI is InChI=1S/C15H23ClN2/c1-2-17-11-15-8-3-4-9-18(15)12-13-6-5-7-14(16)10-13/h5-7,10,15,17H,2-4,8-9,11-12H2,1H3. The van der Waals surface area contributed by atoms with E-state index in [0.29, 0.717) is 6.04 Å². The summed E-state index contributed by atoms with van der Waals surface area (Å²) in [6.45, 7) is 6.57. The van der Waals surface area contributed by atoms with E-state index < -0.39 is 0 Å². The van der Waals surface area contributed by atoms with Gasteiger partial charge < -0.3 is 5.32 Å². The predicted octanol–water partition coefficient (Wildman–Crippen LogP) is 3.30. The van der Waals surface area contributed by atoms with Crippen LogP contribution >= 0.6 is 11.6 Å². The number of rotatable bonds is 5. The molecule has 1 heterocycles. The van der Waals surface area contributed by atoms with Crippen LogP contribution in [0.3, 0.4) is 0 Å². The number of halogens is 1. The zero-order valence-electron chi connectivity index (χ0n) is 11.2. The molecule has 1 atom stereocenters. The first-order valence-corrected chi connectivity index (χ1v) is 7.36. The SMILES string of the molecule is CCNCC1CCCCN1Cc1cccc(Cl)c1. The molecule has 1 aliphatic heterocycles. The van der Waals surface area contributed by atoms with Crippen molar-refractivity contribution >= 4 is 11.6 Å². The Morgan fingerprint density at radius 1 is 1.39 bits per heavy atom. The summed E-state index contributed by atoms with van der Waals surface area (Å²) in [4.78, 5) is 2.60. The topological polar surface area (TPSA) is 15.3 Å². The van der Waals surface area contributed by atoms with Gasteiger partial charge in [-0.25, -0.2) is 0 Å². The van der Waals surface area contributed by atoms with E-state index in [0.717, 1.165) is 24.7 Å². The lowest BCUT2D eigenvalue weighted by Gasteiger charge is -2.36. The molecule has 0 aliphatic carbocycles. The molecule has 100 valence electrons. The fraction of sp³-hybridized carbons (Fsp3) is 0.600.